The minimum atomic E-state index is -0.780. The summed E-state index contributed by atoms with van der Waals surface area (Å²) in [6, 6.07) is 11.0. The van der Waals surface area contributed by atoms with Crippen molar-refractivity contribution in [1.82, 2.24) is 5.32 Å². The fraction of sp³-hybridized carbons (Fsp3) is 0.421. The van der Waals surface area contributed by atoms with Gasteiger partial charge in [-0.15, -0.1) is 0 Å². The number of carbonyl (C=O) groups excluding carboxylic acids is 2. The molecule has 0 heterocycles. The van der Waals surface area contributed by atoms with Crippen molar-refractivity contribution in [2.45, 2.75) is 44.6 Å². The van der Waals surface area contributed by atoms with Gasteiger partial charge in [0.15, 0.2) is 6.61 Å². The highest BCUT2D eigenvalue weighted by atomic mass is 16.5. The zero-order valence-corrected chi connectivity index (χ0v) is 13.7. The third kappa shape index (κ3) is 5.88. The first-order valence-electron chi connectivity index (χ1n) is 8.32. The van der Waals surface area contributed by atoms with Crippen molar-refractivity contribution in [3.63, 3.8) is 0 Å². The Kier molecular flexibility index (Phi) is 7.03. The minimum Gasteiger partial charge on any atom is -0.451 e. The quantitative estimate of drug-likeness (QED) is 0.390. The van der Waals surface area contributed by atoms with E-state index in [-0.39, 0.29) is 24.1 Å². The van der Waals surface area contributed by atoms with Crippen LogP contribution in [0, 0.1) is 11.3 Å². The van der Waals surface area contributed by atoms with Gasteiger partial charge in [0, 0.05) is 6.04 Å². The maximum absolute atomic E-state index is 11.9. The van der Waals surface area contributed by atoms with Crippen LogP contribution in [0.2, 0.25) is 0 Å². The van der Waals surface area contributed by atoms with Crippen molar-refractivity contribution in [3.8, 4) is 6.07 Å². The number of nitriles is 1. The summed E-state index contributed by atoms with van der Waals surface area (Å²) in [7, 11) is 0. The predicted octanol–water partition coefficient (Wildman–Crippen LogP) is 2.98. The molecule has 0 bridgehead atoms. The molecule has 1 amide bonds. The zero-order valence-electron chi connectivity index (χ0n) is 13.7. The van der Waals surface area contributed by atoms with Crippen molar-refractivity contribution in [1.29, 1.82) is 5.26 Å². The van der Waals surface area contributed by atoms with Crippen LogP contribution in [0.3, 0.4) is 0 Å². The van der Waals surface area contributed by atoms with E-state index in [1.807, 2.05) is 24.3 Å². The molecule has 1 aliphatic carbocycles. The van der Waals surface area contributed by atoms with E-state index in [2.05, 4.69) is 5.32 Å². The zero-order chi connectivity index (χ0) is 17.2. The maximum atomic E-state index is 11.9. The average Bonchev–Trinajstić information content (AvgIpc) is 2.87. The van der Waals surface area contributed by atoms with Crippen LogP contribution >= 0.6 is 0 Å². The van der Waals surface area contributed by atoms with Crippen molar-refractivity contribution < 1.29 is 14.3 Å². The highest BCUT2D eigenvalue weighted by molar-refractivity contribution is 5.98. The molecule has 0 saturated heterocycles. The number of hydrogen-bond acceptors (Lipinski definition) is 4. The van der Waals surface area contributed by atoms with Gasteiger partial charge < -0.3 is 10.1 Å². The molecule has 126 valence electrons. The van der Waals surface area contributed by atoms with E-state index in [0.717, 1.165) is 31.2 Å². The number of rotatable bonds is 5. The van der Waals surface area contributed by atoms with Gasteiger partial charge in [0.25, 0.3) is 5.91 Å². The summed E-state index contributed by atoms with van der Waals surface area (Å²) >= 11 is 0. The third-order valence-corrected chi connectivity index (χ3v) is 4.01. The van der Waals surface area contributed by atoms with Crippen molar-refractivity contribution in [3.05, 3.63) is 41.5 Å². The largest absolute Gasteiger partial charge is 0.451 e. The van der Waals surface area contributed by atoms with Gasteiger partial charge in [-0.3, -0.25) is 4.79 Å². The summed E-state index contributed by atoms with van der Waals surface area (Å²) in [6.45, 7) is -0.358. The Morgan fingerprint density at radius 2 is 1.83 bits per heavy atom. The average molecular weight is 326 g/mol. The van der Waals surface area contributed by atoms with Gasteiger partial charge in [-0.2, -0.15) is 5.26 Å². The van der Waals surface area contributed by atoms with Crippen molar-refractivity contribution >= 4 is 18.0 Å². The summed E-state index contributed by atoms with van der Waals surface area (Å²) < 4.78 is 4.96. The molecular formula is C19H22N2O3. The molecule has 1 N–H and O–H groups in total. The Morgan fingerprint density at radius 3 is 2.46 bits per heavy atom. The van der Waals surface area contributed by atoms with Gasteiger partial charge in [-0.25, -0.2) is 4.79 Å². The SMILES string of the molecule is N#C/C(=C/c1ccccc1)C(=O)OCC(=O)NC1CCCCCC1. The molecule has 0 radical (unpaired) electrons. The third-order valence-electron chi connectivity index (χ3n) is 4.01. The lowest BCUT2D eigenvalue weighted by atomic mass is 10.1. The maximum Gasteiger partial charge on any atom is 0.349 e. The lowest BCUT2D eigenvalue weighted by molar-refractivity contribution is -0.144. The van der Waals surface area contributed by atoms with E-state index in [1.165, 1.54) is 18.9 Å². The molecule has 1 saturated carbocycles. The normalized spacial score (nSPS) is 15.9. The highest BCUT2D eigenvalue weighted by Crippen LogP contribution is 2.17. The molecule has 0 spiro atoms. The molecule has 1 aromatic carbocycles. The number of esters is 1. The first kappa shape index (κ1) is 17.7. The summed E-state index contributed by atoms with van der Waals surface area (Å²) in [6.07, 6.45) is 8.03. The molecule has 0 unspecified atom stereocenters. The molecule has 5 heteroatoms. The van der Waals surface area contributed by atoms with Gasteiger partial charge in [-0.1, -0.05) is 56.0 Å². The van der Waals surface area contributed by atoms with Crippen molar-refractivity contribution in [2.75, 3.05) is 6.61 Å². The van der Waals surface area contributed by atoms with Gasteiger partial charge in [0.1, 0.15) is 11.6 Å². The molecule has 0 aromatic heterocycles. The van der Waals surface area contributed by atoms with E-state index >= 15 is 0 Å². The second-order valence-electron chi connectivity index (χ2n) is 5.91. The van der Waals surface area contributed by atoms with Crippen LogP contribution in [0.25, 0.3) is 6.08 Å². The molecule has 24 heavy (non-hydrogen) atoms. The number of hydrogen-bond donors (Lipinski definition) is 1. The number of benzene rings is 1. The Balaban J connectivity index is 1.83. The van der Waals surface area contributed by atoms with E-state index < -0.39 is 5.97 Å². The Morgan fingerprint density at radius 1 is 1.17 bits per heavy atom. The van der Waals surface area contributed by atoms with Gasteiger partial charge in [0.2, 0.25) is 0 Å². The Hall–Kier alpha value is -2.61. The molecular weight excluding hydrogens is 304 g/mol. The number of amides is 1. The molecule has 0 aliphatic heterocycles. The summed E-state index contributed by atoms with van der Waals surface area (Å²) in [5.74, 6) is -1.09. The molecule has 1 aliphatic rings. The number of carbonyl (C=O) groups is 2. The summed E-state index contributed by atoms with van der Waals surface area (Å²) in [4.78, 5) is 23.8. The molecule has 2 rings (SSSR count). The van der Waals surface area contributed by atoms with E-state index in [9.17, 15) is 9.59 Å². The molecule has 0 atom stereocenters. The number of ether oxygens (including phenoxy) is 1. The summed E-state index contributed by atoms with van der Waals surface area (Å²) in [5, 5.41) is 12.0. The predicted molar refractivity (Wildman–Crippen MR) is 90.6 cm³/mol. The van der Waals surface area contributed by atoms with Gasteiger partial charge >= 0.3 is 5.97 Å². The Bertz CT molecular complexity index is 624. The number of nitrogens with zero attached hydrogens (tertiary/aromatic N) is 1. The standard InChI is InChI=1S/C19H22N2O3/c20-13-16(12-15-8-4-3-5-9-15)19(23)24-14-18(22)21-17-10-6-1-2-7-11-17/h3-5,8-9,12,17H,1-2,6-7,10-11,14H2,(H,21,22)/b16-12-. The van der Waals surface area contributed by atoms with Gasteiger partial charge in [-0.05, 0) is 24.5 Å². The topological polar surface area (TPSA) is 79.2 Å². The van der Waals surface area contributed by atoms with Crippen LogP contribution in [0.15, 0.2) is 35.9 Å². The minimum absolute atomic E-state index is 0.122. The Labute approximate surface area is 142 Å². The first-order valence-corrected chi connectivity index (χ1v) is 8.32. The fourth-order valence-electron chi connectivity index (χ4n) is 2.75. The van der Waals surface area contributed by atoms with E-state index in [0.29, 0.717) is 0 Å². The lowest BCUT2D eigenvalue weighted by Crippen LogP contribution is -2.37. The fourth-order valence-corrected chi connectivity index (χ4v) is 2.75. The molecule has 1 fully saturated rings. The van der Waals surface area contributed by atoms with Gasteiger partial charge in [0.05, 0.1) is 0 Å². The smallest absolute Gasteiger partial charge is 0.349 e. The molecule has 5 nitrogen and oxygen atoms in total. The van der Waals surface area contributed by atoms with Crippen LogP contribution in [0.5, 0.6) is 0 Å². The number of nitrogens with one attached hydrogen (secondary N) is 1. The summed E-state index contributed by atoms with van der Waals surface area (Å²) in [5.41, 5.74) is 0.609. The monoisotopic (exact) mass is 326 g/mol. The lowest BCUT2D eigenvalue weighted by Gasteiger charge is -2.16. The first-order chi connectivity index (χ1) is 11.7. The molecule has 1 aromatic rings. The van der Waals surface area contributed by atoms with Crippen LogP contribution in [0.4, 0.5) is 0 Å². The van der Waals surface area contributed by atoms with Crippen LogP contribution in [0.1, 0.15) is 44.1 Å². The van der Waals surface area contributed by atoms with E-state index in [4.69, 9.17) is 10.00 Å². The second kappa shape index (κ2) is 9.51. The van der Waals surface area contributed by atoms with Crippen LogP contribution in [-0.4, -0.2) is 24.5 Å². The highest BCUT2D eigenvalue weighted by Gasteiger charge is 2.17. The van der Waals surface area contributed by atoms with E-state index in [1.54, 1.807) is 12.1 Å². The van der Waals surface area contributed by atoms with Crippen molar-refractivity contribution in [2.24, 2.45) is 0 Å². The van der Waals surface area contributed by atoms with Crippen LogP contribution < -0.4 is 5.32 Å². The van der Waals surface area contributed by atoms with Crippen LogP contribution in [-0.2, 0) is 14.3 Å². The second-order valence-corrected chi connectivity index (χ2v) is 5.91.